The van der Waals surface area contributed by atoms with Crippen molar-refractivity contribution in [3.8, 4) is 0 Å². The largest absolute Gasteiger partial charge is 0.313 e. The lowest BCUT2D eigenvalue weighted by molar-refractivity contribution is 0.189. The van der Waals surface area contributed by atoms with E-state index in [-0.39, 0.29) is 0 Å². The summed E-state index contributed by atoms with van der Waals surface area (Å²) in [5.74, 6) is 2.47. The predicted molar refractivity (Wildman–Crippen MR) is 61.8 cm³/mol. The first-order valence-electron chi connectivity index (χ1n) is 6.13. The molecule has 1 aliphatic rings. The molecule has 1 N–H and O–H groups in total. The van der Waals surface area contributed by atoms with E-state index in [0.29, 0.717) is 12.0 Å². The Bertz CT molecular complexity index is 335. The fourth-order valence-corrected chi connectivity index (χ4v) is 2.76. The van der Waals surface area contributed by atoms with Crippen molar-refractivity contribution in [2.24, 2.45) is 11.8 Å². The molecule has 0 amide bonds. The molecule has 0 saturated heterocycles. The molecule has 16 heavy (non-hydrogen) atoms. The molecule has 5 nitrogen and oxygen atoms in total. The van der Waals surface area contributed by atoms with Crippen LogP contribution in [0.15, 0.2) is 0 Å². The molecule has 5 heteroatoms. The summed E-state index contributed by atoms with van der Waals surface area (Å²) in [5.41, 5.74) is 0. The maximum atomic E-state index is 4.15. The second-order valence-electron chi connectivity index (χ2n) is 5.03. The van der Waals surface area contributed by atoms with E-state index in [9.17, 15) is 0 Å². The standard InChI is InChI=1S/C11H21N5/c1-8-4-5-10(9(2)6-8)16-11(7-12-3)13-14-15-16/h8-10,12H,4-7H2,1-3H3. The zero-order valence-corrected chi connectivity index (χ0v) is 10.3. The lowest BCUT2D eigenvalue weighted by Crippen LogP contribution is -2.28. The van der Waals surface area contributed by atoms with Gasteiger partial charge in [0.2, 0.25) is 0 Å². The highest BCUT2D eigenvalue weighted by atomic mass is 15.6. The van der Waals surface area contributed by atoms with Crippen LogP contribution < -0.4 is 5.32 Å². The zero-order chi connectivity index (χ0) is 11.5. The van der Waals surface area contributed by atoms with Crippen LogP contribution in [-0.2, 0) is 6.54 Å². The van der Waals surface area contributed by atoms with Gasteiger partial charge in [0.25, 0.3) is 0 Å². The molecule has 0 spiro atoms. The number of tetrazole rings is 1. The Hall–Kier alpha value is -0.970. The number of nitrogens with zero attached hydrogens (tertiary/aromatic N) is 4. The Kier molecular flexibility index (Phi) is 3.53. The molecule has 0 bridgehead atoms. The van der Waals surface area contributed by atoms with E-state index in [0.717, 1.165) is 18.3 Å². The summed E-state index contributed by atoms with van der Waals surface area (Å²) in [5, 5.41) is 15.1. The molecular formula is C11H21N5. The minimum Gasteiger partial charge on any atom is -0.313 e. The van der Waals surface area contributed by atoms with Crippen molar-refractivity contribution in [2.45, 2.75) is 45.7 Å². The summed E-state index contributed by atoms with van der Waals surface area (Å²) in [6, 6.07) is 0.481. The van der Waals surface area contributed by atoms with E-state index in [2.05, 4.69) is 34.7 Å². The van der Waals surface area contributed by atoms with Crippen molar-refractivity contribution in [1.82, 2.24) is 25.5 Å². The van der Waals surface area contributed by atoms with Gasteiger partial charge in [-0.1, -0.05) is 13.8 Å². The monoisotopic (exact) mass is 223 g/mol. The van der Waals surface area contributed by atoms with Crippen LogP contribution in [0.5, 0.6) is 0 Å². The van der Waals surface area contributed by atoms with Crippen LogP contribution in [0.3, 0.4) is 0 Å². The van der Waals surface area contributed by atoms with Crippen molar-refractivity contribution >= 4 is 0 Å². The summed E-state index contributed by atoms with van der Waals surface area (Å²) in [6.07, 6.45) is 3.77. The molecule has 1 aromatic heterocycles. The van der Waals surface area contributed by atoms with E-state index in [1.807, 2.05) is 11.7 Å². The van der Waals surface area contributed by atoms with E-state index in [1.54, 1.807) is 0 Å². The topological polar surface area (TPSA) is 55.6 Å². The molecule has 1 aromatic rings. The van der Waals surface area contributed by atoms with Crippen molar-refractivity contribution in [2.75, 3.05) is 7.05 Å². The first kappa shape index (κ1) is 11.5. The minimum atomic E-state index is 0.481. The third-order valence-electron chi connectivity index (χ3n) is 3.60. The van der Waals surface area contributed by atoms with Crippen LogP contribution in [0.2, 0.25) is 0 Å². The van der Waals surface area contributed by atoms with Gasteiger partial charge in [-0.2, -0.15) is 0 Å². The Morgan fingerprint density at radius 1 is 1.38 bits per heavy atom. The Morgan fingerprint density at radius 2 is 2.19 bits per heavy atom. The Morgan fingerprint density at radius 3 is 2.88 bits per heavy atom. The molecule has 0 radical (unpaired) electrons. The summed E-state index contributed by atoms with van der Waals surface area (Å²) in [7, 11) is 1.92. The van der Waals surface area contributed by atoms with Crippen molar-refractivity contribution in [1.29, 1.82) is 0 Å². The molecule has 2 rings (SSSR count). The molecule has 3 unspecified atom stereocenters. The molecular weight excluding hydrogens is 202 g/mol. The molecule has 1 saturated carbocycles. The molecule has 1 heterocycles. The third kappa shape index (κ3) is 2.24. The van der Waals surface area contributed by atoms with Gasteiger partial charge in [-0.05, 0) is 48.6 Å². The normalized spacial score (nSPS) is 30.6. The predicted octanol–water partition coefficient (Wildman–Crippen LogP) is 1.39. The van der Waals surface area contributed by atoms with E-state index >= 15 is 0 Å². The van der Waals surface area contributed by atoms with Gasteiger partial charge in [0.05, 0.1) is 12.6 Å². The fraction of sp³-hybridized carbons (Fsp3) is 0.909. The summed E-state index contributed by atoms with van der Waals surface area (Å²) >= 11 is 0. The van der Waals surface area contributed by atoms with Crippen molar-refractivity contribution in [3.63, 3.8) is 0 Å². The molecule has 0 aliphatic heterocycles. The quantitative estimate of drug-likeness (QED) is 0.841. The Balaban J connectivity index is 2.13. The molecule has 90 valence electrons. The average Bonchev–Trinajstić information content (AvgIpc) is 2.67. The second-order valence-corrected chi connectivity index (χ2v) is 5.03. The highest BCUT2D eigenvalue weighted by Crippen LogP contribution is 2.36. The van der Waals surface area contributed by atoms with Gasteiger partial charge < -0.3 is 5.32 Å². The SMILES string of the molecule is CNCc1nnnn1C1CCC(C)CC1C. The summed E-state index contributed by atoms with van der Waals surface area (Å²) in [4.78, 5) is 0. The van der Waals surface area contributed by atoms with Gasteiger partial charge in [0.15, 0.2) is 5.82 Å². The van der Waals surface area contributed by atoms with Gasteiger partial charge in [0.1, 0.15) is 0 Å². The summed E-state index contributed by atoms with van der Waals surface area (Å²) in [6.45, 7) is 5.39. The van der Waals surface area contributed by atoms with Crippen LogP contribution >= 0.6 is 0 Å². The van der Waals surface area contributed by atoms with Crippen molar-refractivity contribution < 1.29 is 0 Å². The Labute approximate surface area is 96.6 Å². The highest BCUT2D eigenvalue weighted by Gasteiger charge is 2.28. The van der Waals surface area contributed by atoms with Gasteiger partial charge in [0, 0.05) is 0 Å². The molecule has 3 atom stereocenters. The maximum absolute atomic E-state index is 4.15. The van der Waals surface area contributed by atoms with Crippen LogP contribution in [-0.4, -0.2) is 27.3 Å². The van der Waals surface area contributed by atoms with Gasteiger partial charge >= 0.3 is 0 Å². The lowest BCUT2D eigenvalue weighted by atomic mass is 9.80. The molecule has 1 fully saturated rings. The van der Waals surface area contributed by atoms with Gasteiger partial charge in [-0.25, -0.2) is 4.68 Å². The average molecular weight is 223 g/mol. The number of rotatable bonds is 3. The maximum Gasteiger partial charge on any atom is 0.165 e. The smallest absolute Gasteiger partial charge is 0.165 e. The minimum absolute atomic E-state index is 0.481. The first-order valence-corrected chi connectivity index (χ1v) is 6.13. The second kappa shape index (κ2) is 4.91. The van der Waals surface area contributed by atoms with Crippen LogP contribution in [0.1, 0.15) is 45.0 Å². The van der Waals surface area contributed by atoms with Crippen LogP contribution in [0, 0.1) is 11.8 Å². The van der Waals surface area contributed by atoms with Crippen LogP contribution in [0.4, 0.5) is 0 Å². The first-order chi connectivity index (χ1) is 7.72. The van der Waals surface area contributed by atoms with E-state index < -0.39 is 0 Å². The van der Waals surface area contributed by atoms with E-state index in [4.69, 9.17) is 0 Å². The molecule has 1 aliphatic carbocycles. The van der Waals surface area contributed by atoms with E-state index in [1.165, 1.54) is 19.3 Å². The van der Waals surface area contributed by atoms with Crippen LogP contribution in [0.25, 0.3) is 0 Å². The summed E-state index contributed by atoms with van der Waals surface area (Å²) < 4.78 is 2.02. The number of aromatic nitrogens is 4. The van der Waals surface area contributed by atoms with Gasteiger partial charge in [-0.3, -0.25) is 0 Å². The van der Waals surface area contributed by atoms with Gasteiger partial charge in [-0.15, -0.1) is 5.10 Å². The highest BCUT2D eigenvalue weighted by molar-refractivity contribution is 4.88. The lowest BCUT2D eigenvalue weighted by Gasteiger charge is -2.32. The number of hydrogen-bond acceptors (Lipinski definition) is 4. The number of hydrogen-bond donors (Lipinski definition) is 1. The molecule has 0 aromatic carbocycles. The third-order valence-corrected chi connectivity index (χ3v) is 3.60. The fourth-order valence-electron chi connectivity index (χ4n) is 2.76. The zero-order valence-electron chi connectivity index (χ0n) is 10.3. The van der Waals surface area contributed by atoms with Crippen molar-refractivity contribution in [3.05, 3.63) is 5.82 Å². The number of nitrogens with one attached hydrogen (secondary N) is 1.